The van der Waals surface area contributed by atoms with E-state index in [1.165, 1.54) is 12.3 Å². The third kappa shape index (κ3) is 2.31. The summed E-state index contributed by atoms with van der Waals surface area (Å²) >= 11 is 0. The zero-order valence-corrected chi connectivity index (χ0v) is 13.5. The van der Waals surface area contributed by atoms with Crippen LogP contribution in [0.4, 0.5) is 0 Å². The number of benzene rings is 1. The number of carbonyl (C=O) groups is 1. The van der Waals surface area contributed by atoms with Crippen molar-refractivity contribution in [3.05, 3.63) is 53.3 Å². The Kier molecular flexibility index (Phi) is 3.26. The van der Waals surface area contributed by atoms with Crippen molar-refractivity contribution in [3.8, 4) is 0 Å². The first-order valence-electron chi connectivity index (χ1n) is 7.32. The maximum absolute atomic E-state index is 12.7. The minimum absolute atomic E-state index is 0.0122. The standard InChI is InChI=1S/C16H13N3O4S/c1-9-13-6-10(8-17-16(13)23-18-9)24(21,22)19-14-7-15(20)12-5-3-2-4-11(12)14/h2-6,8,14,19H,7H2,1H3. The first kappa shape index (κ1) is 15.0. The zero-order valence-electron chi connectivity index (χ0n) is 12.7. The van der Waals surface area contributed by atoms with Crippen LogP contribution in [0.2, 0.25) is 0 Å². The molecule has 0 saturated heterocycles. The van der Waals surface area contributed by atoms with Gasteiger partial charge in [-0.1, -0.05) is 29.4 Å². The number of fused-ring (bicyclic) bond motifs is 2. The Labute approximate surface area is 137 Å². The smallest absolute Gasteiger partial charge is 0.257 e. The molecule has 0 radical (unpaired) electrons. The fourth-order valence-corrected chi connectivity index (χ4v) is 4.08. The van der Waals surface area contributed by atoms with Gasteiger partial charge in [0.05, 0.1) is 23.3 Å². The van der Waals surface area contributed by atoms with Gasteiger partial charge in [0.1, 0.15) is 4.90 Å². The molecule has 3 aromatic rings. The van der Waals surface area contributed by atoms with Crippen molar-refractivity contribution in [1.82, 2.24) is 14.9 Å². The Hall–Kier alpha value is -2.58. The molecule has 0 fully saturated rings. The highest BCUT2D eigenvalue weighted by atomic mass is 32.2. The molecule has 24 heavy (non-hydrogen) atoms. The number of aryl methyl sites for hydroxylation is 1. The van der Waals surface area contributed by atoms with E-state index >= 15 is 0 Å². The van der Waals surface area contributed by atoms with E-state index in [1.807, 2.05) is 0 Å². The third-order valence-corrected chi connectivity index (χ3v) is 5.56. The van der Waals surface area contributed by atoms with Gasteiger partial charge >= 0.3 is 0 Å². The van der Waals surface area contributed by atoms with Crippen LogP contribution in [0.15, 0.2) is 45.9 Å². The maximum atomic E-state index is 12.7. The van der Waals surface area contributed by atoms with Crippen molar-refractivity contribution < 1.29 is 17.7 Å². The highest BCUT2D eigenvalue weighted by molar-refractivity contribution is 7.89. The van der Waals surface area contributed by atoms with E-state index in [0.717, 1.165) is 0 Å². The highest BCUT2D eigenvalue weighted by Crippen LogP contribution is 2.32. The predicted octanol–water partition coefficient (Wildman–Crippen LogP) is 2.14. The Balaban J connectivity index is 1.70. The summed E-state index contributed by atoms with van der Waals surface area (Å²) in [6.07, 6.45) is 1.33. The normalized spacial score (nSPS) is 17.4. The second-order valence-electron chi connectivity index (χ2n) is 5.68. The van der Waals surface area contributed by atoms with Crippen LogP contribution in [-0.4, -0.2) is 24.3 Å². The lowest BCUT2D eigenvalue weighted by Crippen LogP contribution is -2.27. The number of pyridine rings is 1. The van der Waals surface area contributed by atoms with Gasteiger partial charge in [0, 0.05) is 12.0 Å². The highest BCUT2D eigenvalue weighted by Gasteiger charge is 2.32. The molecule has 4 rings (SSSR count). The van der Waals surface area contributed by atoms with E-state index in [4.69, 9.17) is 4.52 Å². The van der Waals surface area contributed by atoms with Crippen LogP contribution in [0.5, 0.6) is 0 Å². The number of nitrogens with zero attached hydrogens (tertiary/aromatic N) is 2. The summed E-state index contributed by atoms with van der Waals surface area (Å²) in [6, 6.07) is 7.92. The average Bonchev–Trinajstić information content (AvgIpc) is 3.09. The minimum Gasteiger partial charge on any atom is -0.336 e. The number of hydrogen-bond acceptors (Lipinski definition) is 6. The van der Waals surface area contributed by atoms with Gasteiger partial charge in [-0.2, -0.15) is 0 Å². The van der Waals surface area contributed by atoms with Gasteiger partial charge in [-0.15, -0.1) is 0 Å². The van der Waals surface area contributed by atoms with E-state index in [-0.39, 0.29) is 22.8 Å². The quantitative estimate of drug-likeness (QED) is 0.781. The van der Waals surface area contributed by atoms with Crippen LogP contribution in [0.1, 0.15) is 34.1 Å². The third-order valence-electron chi connectivity index (χ3n) is 4.12. The second-order valence-corrected chi connectivity index (χ2v) is 7.39. The molecule has 122 valence electrons. The van der Waals surface area contributed by atoms with Gasteiger partial charge in [0.2, 0.25) is 10.0 Å². The van der Waals surface area contributed by atoms with Crippen LogP contribution in [0.3, 0.4) is 0 Å². The maximum Gasteiger partial charge on any atom is 0.257 e. The number of carbonyl (C=O) groups excluding carboxylic acids is 1. The molecule has 1 unspecified atom stereocenters. The van der Waals surface area contributed by atoms with Crippen LogP contribution < -0.4 is 4.72 Å². The Morgan fingerprint density at radius 3 is 2.92 bits per heavy atom. The molecular weight excluding hydrogens is 330 g/mol. The summed E-state index contributed by atoms with van der Waals surface area (Å²) in [5.41, 5.74) is 2.11. The molecule has 1 aromatic carbocycles. The SMILES string of the molecule is Cc1noc2ncc(S(=O)(=O)NC3CC(=O)c4ccccc43)cc12. The van der Waals surface area contributed by atoms with Crippen LogP contribution in [0.25, 0.3) is 11.1 Å². The number of aromatic nitrogens is 2. The van der Waals surface area contributed by atoms with E-state index < -0.39 is 16.1 Å². The number of nitrogens with one attached hydrogen (secondary N) is 1. The average molecular weight is 343 g/mol. The number of Topliss-reactive ketones (excluding diaryl/α,β-unsaturated/α-hetero) is 1. The molecule has 2 aromatic heterocycles. The van der Waals surface area contributed by atoms with Crippen molar-refractivity contribution in [3.63, 3.8) is 0 Å². The molecule has 2 heterocycles. The van der Waals surface area contributed by atoms with E-state index in [1.54, 1.807) is 31.2 Å². The number of hydrogen-bond donors (Lipinski definition) is 1. The van der Waals surface area contributed by atoms with Crippen molar-refractivity contribution in [2.45, 2.75) is 24.3 Å². The largest absolute Gasteiger partial charge is 0.336 e. The van der Waals surface area contributed by atoms with Gasteiger partial charge < -0.3 is 4.52 Å². The second kappa shape index (κ2) is 5.22. The van der Waals surface area contributed by atoms with Gasteiger partial charge in [0.15, 0.2) is 5.78 Å². The summed E-state index contributed by atoms with van der Waals surface area (Å²) < 4.78 is 32.9. The van der Waals surface area contributed by atoms with E-state index in [2.05, 4.69) is 14.9 Å². The molecule has 8 heteroatoms. The molecule has 0 aliphatic heterocycles. The summed E-state index contributed by atoms with van der Waals surface area (Å²) in [7, 11) is -3.83. The van der Waals surface area contributed by atoms with Gasteiger partial charge in [-0.3, -0.25) is 4.79 Å². The predicted molar refractivity (Wildman–Crippen MR) is 85.0 cm³/mol. The number of ketones is 1. The van der Waals surface area contributed by atoms with E-state index in [9.17, 15) is 13.2 Å². The molecule has 7 nitrogen and oxygen atoms in total. The van der Waals surface area contributed by atoms with Gasteiger partial charge in [-0.25, -0.2) is 18.1 Å². The Morgan fingerprint density at radius 1 is 1.29 bits per heavy atom. The Morgan fingerprint density at radius 2 is 2.08 bits per heavy atom. The van der Waals surface area contributed by atoms with Crippen molar-refractivity contribution in [1.29, 1.82) is 0 Å². The van der Waals surface area contributed by atoms with Crippen LogP contribution in [-0.2, 0) is 10.0 Å². The summed E-state index contributed by atoms with van der Waals surface area (Å²) in [5, 5.41) is 4.31. The van der Waals surface area contributed by atoms with E-state index in [0.29, 0.717) is 22.2 Å². The molecule has 1 atom stereocenters. The first-order valence-corrected chi connectivity index (χ1v) is 8.80. The number of sulfonamides is 1. The molecular formula is C16H13N3O4S. The van der Waals surface area contributed by atoms with Crippen molar-refractivity contribution >= 4 is 26.9 Å². The van der Waals surface area contributed by atoms with Crippen LogP contribution >= 0.6 is 0 Å². The lowest BCUT2D eigenvalue weighted by molar-refractivity contribution is 0.0988. The summed E-state index contributed by atoms with van der Waals surface area (Å²) in [5.74, 6) is -0.0678. The summed E-state index contributed by atoms with van der Waals surface area (Å²) in [6.45, 7) is 1.71. The lowest BCUT2D eigenvalue weighted by Gasteiger charge is -2.13. The molecule has 1 aliphatic carbocycles. The molecule has 1 N–H and O–H groups in total. The van der Waals surface area contributed by atoms with Gasteiger partial charge in [-0.05, 0) is 18.6 Å². The van der Waals surface area contributed by atoms with Gasteiger partial charge in [0.25, 0.3) is 5.71 Å². The molecule has 0 saturated carbocycles. The Bertz CT molecular complexity index is 1070. The number of rotatable bonds is 3. The molecule has 1 aliphatic rings. The monoisotopic (exact) mass is 343 g/mol. The van der Waals surface area contributed by atoms with Crippen molar-refractivity contribution in [2.24, 2.45) is 0 Å². The molecule has 0 spiro atoms. The van der Waals surface area contributed by atoms with Crippen LogP contribution in [0, 0.1) is 6.92 Å². The fraction of sp³-hybridized carbons (Fsp3) is 0.188. The molecule has 0 amide bonds. The topological polar surface area (TPSA) is 102 Å². The fourth-order valence-electron chi connectivity index (χ4n) is 2.89. The summed E-state index contributed by atoms with van der Waals surface area (Å²) in [4.78, 5) is 16.0. The first-order chi connectivity index (χ1) is 11.5. The minimum atomic E-state index is -3.83. The lowest BCUT2D eigenvalue weighted by atomic mass is 10.1. The van der Waals surface area contributed by atoms with Crippen molar-refractivity contribution in [2.75, 3.05) is 0 Å². The molecule has 0 bridgehead atoms. The zero-order chi connectivity index (χ0) is 16.9.